The summed E-state index contributed by atoms with van der Waals surface area (Å²) in [7, 11) is 0. The lowest BCUT2D eigenvalue weighted by atomic mass is 10.1. The van der Waals surface area contributed by atoms with Gasteiger partial charge in [0.2, 0.25) is 4.77 Å². The molecule has 5 nitrogen and oxygen atoms in total. The second kappa shape index (κ2) is 3.32. The van der Waals surface area contributed by atoms with Gasteiger partial charge in [-0.15, -0.1) is 0 Å². The molecule has 0 aliphatic carbocycles. The summed E-state index contributed by atoms with van der Waals surface area (Å²) < 4.78 is 0.466. The Morgan fingerprint density at radius 2 is 2.17 bits per heavy atom. The van der Waals surface area contributed by atoms with E-state index in [1.165, 1.54) is 0 Å². The van der Waals surface area contributed by atoms with Gasteiger partial charge in [0, 0.05) is 0 Å². The Morgan fingerprint density at radius 3 is 2.75 bits per heavy atom. The molecule has 0 radical (unpaired) electrons. The lowest BCUT2D eigenvalue weighted by Crippen LogP contribution is -2.30. The largest absolute Gasteiger partial charge is 0.317 e. The molecule has 2 heterocycles. The maximum Gasteiger partial charge on any atom is 0.235 e. The van der Waals surface area contributed by atoms with Crippen LogP contribution in [-0.4, -0.2) is 33.3 Å². The van der Waals surface area contributed by atoms with Crippen molar-refractivity contribution in [3.05, 3.63) is 4.77 Å². The van der Waals surface area contributed by atoms with E-state index >= 15 is 0 Å². The fourth-order valence-electron chi connectivity index (χ4n) is 1.45. The van der Waals surface area contributed by atoms with Crippen molar-refractivity contribution in [1.29, 1.82) is 0 Å². The third kappa shape index (κ3) is 1.54. The molecule has 1 aliphatic heterocycles. The number of hydrogen-bond donors (Lipinski definition) is 2. The summed E-state index contributed by atoms with van der Waals surface area (Å²) in [5.74, 6) is 0. The molecule has 0 aromatic carbocycles. The third-order valence-corrected chi connectivity index (χ3v) is 2.27. The molecular weight excluding hydrogens is 174 g/mol. The molecule has 0 atom stereocenters. The first kappa shape index (κ1) is 7.88. The van der Waals surface area contributed by atoms with E-state index in [1.807, 2.05) is 0 Å². The van der Waals surface area contributed by atoms with Gasteiger partial charge < -0.3 is 5.32 Å². The van der Waals surface area contributed by atoms with Crippen molar-refractivity contribution in [2.45, 2.75) is 18.9 Å². The van der Waals surface area contributed by atoms with Gasteiger partial charge in [0.05, 0.1) is 6.04 Å². The van der Waals surface area contributed by atoms with Gasteiger partial charge in [-0.3, -0.25) is 5.10 Å². The minimum atomic E-state index is 0.440. The molecule has 1 fully saturated rings. The molecule has 1 aromatic heterocycles. The minimum Gasteiger partial charge on any atom is -0.317 e. The molecule has 12 heavy (non-hydrogen) atoms. The SMILES string of the molecule is S=c1nnn(C2CCNCC2)[nH]1. The predicted molar refractivity (Wildman–Crippen MR) is 46.3 cm³/mol. The minimum absolute atomic E-state index is 0.440. The molecule has 1 saturated heterocycles. The third-order valence-electron chi connectivity index (χ3n) is 2.10. The maximum absolute atomic E-state index is 4.84. The summed E-state index contributed by atoms with van der Waals surface area (Å²) in [6, 6.07) is 0.440. The summed E-state index contributed by atoms with van der Waals surface area (Å²) in [6.07, 6.45) is 2.18. The zero-order valence-electron chi connectivity index (χ0n) is 6.66. The van der Waals surface area contributed by atoms with Crippen LogP contribution in [-0.2, 0) is 0 Å². The van der Waals surface area contributed by atoms with Gasteiger partial charge in [-0.05, 0) is 43.4 Å². The van der Waals surface area contributed by atoms with Crippen molar-refractivity contribution in [2.75, 3.05) is 13.1 Å². The topological polar surface area (TPSA) is 58.5 Å². The van der Waals surface area contributed by atoms with Crippen molar-refractivity contribution in [3.8, 4) is 0 Å². The first-order valence-corrected chi connectivity index (χ1v) is 4.49. The summed E-state index contributed by atoms with van der Waals surface area (Å²) in [5.41, 5.74) is 0. The van der Waals surface area contributed by atoms with Crippen molar-refractivity contribution in [2.24, 2.45) is 0 Å². The van der Waals surface area contributed by atoms with Crippen molar-refractivity contribution in [1.82, 2.24) is 25.5 Å². The first-order chi connectivity index (χ1) is 5.86. The van der Waals surface area contributed by atoms with Crippen LogP contribution in [0.1, 0.15) is 18.9 Å². The highest BCUT2D eigenvalue weighted by Gasteiger charge is 2.15. The lowest BCUT2D eigenvalue weighted by molar-refractivity contribution is 0.309. The van der Waals surface area contributed by atoms with E-state index in [1.54, 1.807) is 4.80 Å². The Hall–Kier alpha value is -0.750. The number of nitrogens with one attached hydrogen (secondary N) is 2. The highest BCUT2D eigenvalue weighted by molar-refractivity contribution is 7.71. The molecule has 2 N–H and O–H groups in total. The molecule has 1 aliphatic rings. The molecule has 0 amide bonds. The second-order valence-electron chi connectivity index (χ2n) is 2.93. The van der Waals surface area contributed by atoms with Crippen LogP contribution in [0.5, 0.6) is 0 Å². The Labute approximate surface area is 75.1 Å². The van der Waals surface area contributed by atoms with Gasteiger partial charge in [0.15, 0.2) is 0 Å². The molecule has 0 spiro atoms. The average molecular weight is 185 g/mol. The van der Waals surface area contributed by atoms with Crippen molar-refractivity contribution in [3.63, 3.8) is 0 Å². The number of tetrazole rings is 1. The summed E-state index contributed by atoms with van der Waals surface area (Å²) in [5, 5.41) is 13.9. The Kier molecular flexibility index (Phi) is 2.18. The average Bonchev–Trinajstić information content (AvgIpc) is 2.54. The van der Waals surface area contributed by atoms with Crippen LogP contribution in [0.25, 0.3) is 0 Å². The molecular formula is C6H11N5S. The van der Waals surface area contributed by atoms with Crippen molar-refractivity contribution < 1.29 is 0 Å². The van der Waals surface area contributed by atoms with Gasteiger partial charge in [0.1, 0.15) is 0 Å². The predicted octanol–water partition coefficient (Wildman–Crippen LogP) is 0.260. The molecule has 1 aromatic rings. The quantitative estimate of drug-likeness (QED) is 0.616. The van der Waals surface area contributed by atoms with Crippen LogP contribution in [0, 0.1) is 4.77 Å². The lowest BCUT2D eigenvalue weighted by Gasteiger charge is -2.21. The Balaban J connectivity index is 2.13. The standard InChI is InChI=1S/C6H11N5S/c12-6-8-10-11(9-6)5-1-3-7-4-2-5/h5,7H,1-4H2,(H,9,12). The van der Waals surface area contributed by atoms with Gasteiger partial charge in [-0.1, -0.05) is 5.10 Å². The second-order valence-corrected chi connectivity index (χ2v) is 3.32. The van der Waals surface area contributed by atoms with E-state index < -0.39 is 0 Å². The normalized spacial score (nSPS) is 19.7. The molecule has 66 valence electrons. The van der Waals surface area contributed by atoms with E-state index in [0.717, 1.165) is 25.9 Å². The number of H-pyrrole nitrogens is 1. The van der Waals surface area contributed by atoms with Crippen LogP contribution in [0.15, 0.2) is 0 Å². The van der Waals surface area contributed by atoms with Gasteiger partial charge in [-0.25, -0.2) is 0 Å². The number of aromatic nitrogens is 4. The summed E-state index contributed by atoms with van der Waals surface area (Å²) in [4.78, 5) is 1.77. The number of rotatable bonds is 1. The number of nitrogens with zero attached hydrogens (tertiary/aromatic N) is 3. The van der Waals surface area contributed by atoms with Gasteiger partial charge >= 0.3 is 0 Å². The summed E-state index contributed by atoms with van der Waals surface area (Å²) in [6.45, 7) is 2.09. The fourth-order valence-corrected chi connectivity index (χ4v) is 1.58. The van der Waals surface area contributed by atoms with Crippen LogP contribution in [0.4, 0.5) is 0 Å². The Morgan fingerprint density at radius 1 is 1.42 bits per heavy atom. The molecule has 2 rings (SSSR count). The smallest absolute Gasteiger partial charge is 0.235 e. The molecule has 0 saturated carbocycles. The van der Waals surface area contributed by atoms with E-state index in [2.05, 4.69) is 20.7 Å². The molecule has 0 bridgehead atoms. The van der Waals surface area contributed by atoms with E-state index in [0.29, 0.717) is 10.8 Å². The number of piperidine rings is 1. The van der Waals surface area contributed by atoms with E-state index in [9.17, 15) is 0 Å². The van der Waals surface area contributed by atoms with Gasteiger partial charge in [-0.2, -0.15) is 4.80 Å². The zero-order chi connectivity index (χ0) is 8.39. The van der Waals surface area contributed by atoms with Crippen LogP contribution in [0.3, 0.4) is 0 Å². The summed E-state index contributed by atoms with van der Waals surface area (Å²) >= 11 is 4.84. The highest BCUT2D eigenvalue weighted by Crippen LogP contribution is 2.14. The van der Waals surface area contributed by atoms with Crippen LogP contribution < -0.4 is 5.32 Å². The highest BCUT2D eigenvalue weighted by atomic mass is 32.1. The number of aromatic amines is 1. The fraction of sp³-hybridized carbons (Fsp3) is 0.833. The van der Waals surface area contributed by atoms with Crippen LogP contribution in [0.2, 0.25) is 0 Å². The maximum atomic E-state index is 4.84. The van der Waals surface area contributed by atoms with Gasteiger partial charge in [0.25, 0.3) is 0 Å². The molecule has 6 heteroatoms. The first-order valence-electron chi connectivity index (χ1n) is 4.08. The Bertz CT molecular complexity index is 297. The zero-order valence-corrected chi connectivity index (χ0v) is 7.47. The van der Waals surface area contributed by atoms with E-state index in [-0.39, 0.29) is 0 Å². The number of hydrogen-bond acceptors (Lipinski definition) is 4. The van der Waals surface area contributed by atoms with Crippen LogP contribution >= 0.6 is 12.2 Å². The van der Waals surface area contributed by atoms with E-state index in [4.69, 9.17) is 12.2 Å². The molecule has 0 unspecified atom stereocenters. The van der Waals surface area contributed by atoms with Crippen molar-refractivity contribution >= 4 is 12.2 Å². The monoisotopic (exact) mass is 185 g/mol.